The summed E-state index contributed by atoms with van der Waals surface area (Å²) in [5.74, 6) is -1.64. The maximum absolute atomic E-state index is 13.1. The molecule has 0 fully saturated rings. The summed E-state index contributed by atoms with van der Waals surface area (Å²) < 4.78 is 14.2. The second-order valence-electron chi connectivity index (χ2n) is 5.81. The summed E-state index contributed by atoms with van der Waals surface area (Å²) in [6, 6.07) is 7.91. The molecule has 2 aromatic rings. The molecule has 0 spiro atoms. The Labute approximate surface area is 157 Å². The molecule has 2 rings (SSSR count). The van der Waals surface area contributed by atoms with Crippen LogP contribution in [0.25, 0.3) is 0 Å². The van der Waals surface area contributed by atoms with Crippen molar-refractivity contribution in [3.05, 3.63) is 70.4 Å². The first kappa shape index (κ1) is 21.5. The Balaban J connectivity index is 0.00000338. The van der Waals surface area contributed by atoms with Crippen molar-refractivity contribution in [1.82, 2.24) is 14.8 Å². The molecule has 26 heavy (non-hydrogen) atoms. The predicted octanol–water partition coefficient (Wildman–Crippen LogP) is -1.91. The number of carbonyl (C=O) groups is 2. The molecule has 0 saturated heterocycles. The van der Waals surface area contributed by atoms with Crippen molar-refractivity contribution in [2.24, 2.45) is 0 Å². The van der Waals surface area contributed by atoms with Gasteiger partial charge >= 0.3 is 0 Å². The van der Waals surface area contributed by atoms with Crippen LogP contribution in [0, 0.1) is 5.82 Å². The van der Waals surface area contributed by atoms with Gasteiger partial charge in [-0.3, -0.25) is 19.0 Å². The molecule has 8 heteroatoms. The number of hydrogen-bond acceptors (Lipinski definition) is 4. The van der Waals surface area contributed by atoms with E-state index in [0.717, 1.165) is 16.7 Å². The molecule has 6 nitrogen and oxygen atoms in total. The second kappa shape index (κ2) is 9.84. The summed E-state index contributed by atoms with van der Waals surface area (Å²) >= 11 is 0. The zero-order valence-electron chi connectivity index (χ0n) is 14.5. The number of hydrogen-bond donors (Lipinski definition) is 1. The van der Waals surface area contributed by atoms with Crippen molar-refractivity contribution in [3.8, 4) is 0 Å². The minimum absolute atomic E-state index is 0. The zero-order chi connectivity index (χ0) is 18.4. The highest BCUT2D eigenvalue weighted by atomic mass is 35.5. The van der Waals surface area contributed by atoms with Gasteiger partial charge < -0.3 is 22.6 Å². The number of amides is 1. The minimum atomic E-state index is -1.35. The number of rotatable bonds is 7. The minimum Gasteiger partial charge on any atom is -1.00 e. The van der Waals surface area contributed by atoms with Crippen LogP contribution in [0.15, 0.2) is 53.5 Å². The molecule has 0 aliphatic heterocycles. The van der Waals surface area contributed by atoms with E-state index in [9.17, 15) is 18.8 Å². The third kappa shape index (κ3) is 5.50. The molecule has 1 N–H and O–H groups in total. The molecule has 1 atom stereocenters. The van der Waals surface area contributed by atoms with Gasteiger partial charge in [0.2, 0.25) is 0 Å². The number of likely N-dealkylation sites (N-methyl/N-ethyl adjacent to an activating group) is 1. The van der Waals surface area contributed by atoms with Crippen molar-refractivity contribution < 1.29 is 26.4 Å². The van der Waals surface area contributed by atoms with Gasteiger partial charge in [-0.05, 0) is 44.4 Å². The number of halogens is 2. The van der Waals surface area contributed by atoms with Gasteiger partial charge in [0.1, 0.15) is 5.82 Å². The second-order valence-corrected chi connectivity index (χ2v) is 5.81. The van der Waals surface area contributed by atoms with Crippen LogP contribution >= 0.6 is 0 Å². The molecule has 0 radical (unpaired) electrons. The zero-order valence-corrected chi connectivity index (χ0v) is 15.2. The van der Waals surface area contributed by atoms with Crippen molar-refractivity contribution in [3.63, 3.8) is 0 Å². The van der Waals surface area contributed by atoms with Gasteiger partial charge in [0.05, 0.1) is 0 Å². The van der Waals surface area contributed by atoms with E-state index >= 15 is 0 Å². The first-order valence-electron chi connectivity index (χ1n) is 7.79. The van der Waals surface area contributed by atoms with Gasteiger partial charge in [-0.1, -0.05) is 6.07 Å². The Morgan fingerprint density at radius 1 is 1.15 bits per heavy atom. The Kier molecular flexibility index (Phi) is 8.15. The van der Waals surface area contributed by atoms with Gasteiger partial charge in [0.25, 0.3) is 11.5 Å². The summed E-state index contributed by atoms with van der Waals surface area (Å²) in [6.45, 7) is 0.924. The number of Topliss-reactive ketones (excluding diaryl/α,β-unsaturated/α-hetero) is 1. The van der Waals surface area contributed by atoms with Crippen molar-refractivity contribution in [1.29, 1.82) is 0 Å². The molecule has 1 aromatic heterocycles. The number of carbonyl (C=O) groups excluding carboxylic acids is 2. The highest BCUT2D eigenvalue weighted by molar-refractivity contribution is 6.11. The first-order chi connectivity index (χ1) is 11.9. The van der Waals surface area contributed by atoms with E-state index in [-0.39, 0.29) is 18.0 Å². The number of nitrogens with one attached hydrogen (secondary N) is 1. The number of aromatic nitrogens is 1. The summed E-state index contributed by atoms with van der Waals surface area (Å²) in [4.78, 5) is 39.3. The van der Waals surface area contributed by atoms with Gasteiger partial charge in [-0.2, -0.15) is 0 Å². The van der Waals surface area contributed by atoms with Crippen molar-refractivity contribution in [2.45, 2.75) is 6.04 Å². The first-order valence-corrected chi connectivity index (χ1v) is 7.79. The molecule has 0 bridgehead atoms. The molecular formula is C18H20ClFN3O3-. The Hall–Kier alpha value is -2.51. The summed E-state index contributed by atoms with van der Waals surface area (Å²) in [7, 11) is 3.71. The average Bonchev–Trinajstić information content (AvgIpc) is 2.57. The molecule has 1 heterocycles. The van der Waals surface area contributed by atoms with Crippen molar-refractivity contribution >= 4 is 11.7 Å². The molecule has 0 aliphatic rings. The predicted molar refractivity (Wildman–Crippen MR) is 92.0 cm³/mol. The number of nitrogens with zero attached hydrogens (tertiary/aromatic N) is 2. The quantitative estimate of drug-likeness (QED) is 0.449. The van der Waals surface area contributed by atoms with E-state index in [1.165, 1.54) is 30.5 Å². The summed E-state index contributed by atoms with van der Waals surface area (Å²) in [5, 5.41) is 2.67. The van der Waals surface area contributed by atoms with Gasteiger partial charge in [-0.15, -0.1) is 0 Å². The molecule has 0 aliphatic carbocycles. The van der Waals surface area contributed by atoms with Crippen LogP contribution in [0.5, 0.6) is 0 Å². The fraction of sp³-hybridized carbons (Fsp3) is 0.278. The monoisotopic (exact) mass is 380 g/mol. The van der Waals surface area contributed by atoms with E-state index in [0.29, 0.717) is 13.1 Å². The topological polar surface area (TPSA) is 71.4 Å². The van der Waals surface area contributed by atoms with Gasteiger partial charge in [-0.25, -0.2) is 4.39 Å². The highest BCUT2D eigenvalue weighted by Gasteiger charge is 2.29. The van der Waals surface area contributed by atoms with E-state index in [4.69, 9.17) is 0 Å². The summed E-state index contributed by atoms with van der Waals surface area (Å²) in [5.41, 5.74) is -0.310. The highest BCUT2D eigenvalue weighted by Crippen LogP contribution is 2.14. The van der Waals surface area contributed by atoms with Crippen LogP contribution in [0.1, 0.15) is 16.4 Å². The standard InChI is InChI=1S/C18H20FN3O3.ClH/c1-21(2)12-10-20-18(25)16(22-11-4-3-5-15(22)23)17(24)13-6-8-14(19)9-7-13;/h3-9,11,16H,10,12H2,1-2H3,(H,20,25);1H/p-1. The molecular weight excluding hydrogens is 361 g/mol. The van der Waals surface area contributed by atoms with Crippen molar-refractivity contribution in [2.75, 3.05) is 27.2 Å². The maximum Gasteiger partial charge on any atom is 0.251 e. The number of pyridine rings is 1. The van der Waals surface area contributed by atoms with Crippen LogP contribution in [-0.4, -0.2) is 48.3 Å². The fourth-order valence-corrected chi connectivity index (χ4v) is 2.30. The lowest BCUT2D eigenvalue weighted by atomic mass is 10.0. The van der Waals surface area contributed by atoms with E-state index in [1.54, 1.807) is 6.07 Å². The normalized spacial score (nSPS) is 11.5. The number of benzene rings is 1. The molecule has 1 amide bonds. The lowest BCUT2D eigenvalue weighted by Crippen LogP contribution is -3.00. The Bertz CT molecular complexity index is 806. The molecule has 1 aromatic carbocycles. The largest absolute Gasteiger partial charge is 1.00 e. The van der Waals surface area contributed by atoms with E-state index < -0.39 is 29.1 Å². The van der Waals surface area contributed by atoms with Gasteiger partial charge in [0.15, 0.2) is 11.8 Å². The fourth-order valence-electron chi connectivity index (χ4n) is 2.30. The maximum atomic E-state index is 13.1. The van der Waals surface area contributed by atoms with E-state index in [2.05, 4.69) is 5.32 Å². The van der Waals surface area contributed by atoms with Gasteiger partial charge in [0, 0.05) is 30.9 Å². The third-order valence-electron chi connectivity index (χ3n) is 3.61. The number of ketones is 1. The van der Waals surface area contributed by atoms with Crippen LogP contribution in [-0.2, 0) is 4.79 Å². The SMILES string of the molecule is CN(C)CCNC(=O)C(C(=O)c1ccc(F)cc1)n1ccccc1=O.[Cl-]. The molecule has 140 valence electrons. The van der Waals surface area contributed by atoms with Crippen LogP contribution in [0.3, 0.4) is 0 Å². The lowest BCUT2D eigenvalue weighted by Gasteiger charge is -2.19. The molecule has 1 unspecified atom stereocenters. The van der Waals surface area contributed by atoms with Crippen LogP contribution < -0.4 is 23.3 Å². The molecule has 0 saturated carbocycles. The van der Waals surface area contributed by atoms with Crippen LogP contribution in [0.2, 0.25) is 0 Å². The summed E-state index contributed by atoms with van der Waals surface area (Å²) in [6.07, 6.45) is 1.39. The average molecular weight is 381 g/mol. The smallest absolute Gasteiger partial charge is 0.251 e. The van der Waals surface area contributed by atoms with Crippen LogP contribution in [0.4, 0.5) is 4.39 Å². The Morgan fingerprint density at radius 2 is 1.81 bits per heavy atom. The Morgan fingerprint density at radius 3 is 2.38 bits per heavy atom. The third-order valence-corrected chi connectivity index (χ3v) is 3.61. The van der Waals surface area contributed by atoms with E-state index in [1.807, 2.05) is 19.0 Å². The lowest BCUT2D eigenvalue weighted by molar-refractivity contribution is -0.123.